The molecule has 0 saturated carbocycles. The van der Waals surface area contributed by atoms with E-state index in [1.165, 1.54) is 6.20 Å². The number of ether oxygens (including phenoxy) is 1. The van der Waals surface area contributed by atoms with Gasteiger partial charge in [0.05, 0.1) is 6.20 Å². The molecule has 4 rings (SSSR count). The number of nitrogens with one attached hydrogen (secondary N) is 1. The van der Waals surface area contributed by atoms with Gasteiger partial charge in [-0.2, -0.15) is 0 Å². The van der Waals surface area contributed by atoms with Crippen LogP contribution in [0.15, 0.2) is 54.7 Å². The first-order chi connectivity index (χ1) is 13.5. The molecule has 1 aliphatic carbocycles. The smallest absolute Gasteiger partial charge is 0.408 e. The van der Waals surface area contributed by atoms with Gasteiger partial charge in [0.1, 0.15) is 16.0 Å². The van der Waals surface area contributed by atoms with Crippen molar-refractivity contribution in [3.8, 4) is 11.1 Å². The van der Waals surface area contributed by atoms with Crippen LogP contribution in [0.4, 0.5) is 4.79 Å². The Labute approximate surface area is 169 Å². The van der Waals surface area contributed by atoms with Crippen LogP contribution in [0, 0.1) is 0 Å². The van der Waals surface area contributed by atoms with E-state index in [-0.39, 0.29) is 17.5 Å². The lowest BCUT2D eigenvalue weighted by Crippen LogP contribution is -2.34. The second-order valence-electron chi connectivity index (χ2n) is 6.24. The molecule has 1 heterocycles. The summed E-state index contributed by atoms with van der Waals surface area (Å²) in [4.78, 5) is 27.7. The quantitative estimate of drug-likeness (QED) is 0.643. The number of alkyl carbamates (subject to hydrolysis) is 1. The molecule has 1 aliphatic rings. The average Bonchev–Trinajstić information content (AvgIpc) is 3.26. The van der Waals surface area contributed by atoms with Crippen molar-refractivity contribution in [1.82, 2.24) is 10.3 Å². The van der Waals surface area contributed by atoms with Crippen molar-refractivity contribution in [3.63, 3.8) is 0 Å². The van der Waals surface area contributed by atoms with Gasteiger partial charge < -0.3 is 15.2 Å². The summed E-state index contributed by atoms with van der Waals surface area (Å²) in [5.41, 5.74) is 4.40. The lowest BCUT2D eigenvalue weighted by Gasteiger charge is -2.16. The van der Waals surface area contributed by atoms with E-state index in [0.717, 1.165) is 33.6 Å². The molecule has 6 nitrogen and oxygen atoms in total. The number of carboxylic acids is 1. The van der Waals surface area contributed by atoms with Gasteiger partial charge in [-0.3, -0.25) is 0 Å². The van der Waals surface area contributed by atoms with E-state index < -0.39 is 18.1 Å². The normalized spacial score (nSPS) is 13.5. The Balaban J connectivity index is 1.48. The summed E-state index contributed by atoms with van der Waals surface area (Å²) in [5.74, 6) is -1.34. The van der Waals surface area contributed by atoms with Gasteiger partial charge in [-0.1, -0.05) is 60.1 Å². The minimum absolute atomic E-state index is 0.101. The van der Waals surface area contributed by atoms with Crippen molar-refractivity contribution in [1.29, 1.82) is 0 Å². The third-order valence-electron chi connectivity index (χ3n) is 4.60. The first kappa shape index (κ1) is 18.5. The van der Waals surface area contributed by atoms with E-state index in [0.29, 0.717) is 4.34 Å². The number of amides is 1. The van der Waals surface area contributed by atoms with Crippen LogP contribution in [-0.4, -0.2) is 28.8 Å². The van der Waals surface area contributed by atoms with Gasteiger partial charge in [-0.25, -0.2) is 14.6 Å². The Bertz CT molecular complexity index is 1010. The summed E-state index contributed by atoms with van der Waals surface area (Å²) in [5, 5.41) is 11.9. The predicted octanol–water partition coefficient (Wildman–Crippen LogP) is 4.46. The van der Waals surface area contributed by atoms with E-state index in [4.69, 9.17) is 16.3 Å². The van der Waals surface area contributed by atoms with Gasteiger partial charge in [0.15, 0.2) is 6.04 Å². The van der Waals surface area contributed by atoms with Crippen LogP contribution < -0.4 is 5.32 Å². The minimum Gasteiger partial charge on any atom is -0.479 e. The number of hydrogen-bond donors (Lipinski definition) is 2. The third kappa shape index (κ3) is 3.46. The summed E-state index contributed by atoms with van der Waals surface area (Å²) in [7, 11) is 0. The van der Waals surface area contributed by atoms with Crippen molar-refractivity contribution in [2.75, 3.05) is 6.61 Å². The highest BCUT2D eigenvalue weighted by Crippen LogP contribution is 2.44. The average molecular weight is 415 g/mol. The maximum Gasteiger partial charge on any atom is 0.408 e. The fourth-order valence-electron chi connectivity index (χ4n) is 3.39. The zero-order valence-corrected chi connectivity index (χ0v) is 16.0. The van der Waals surface area contributed by atoms with Crippen LogP contribution in [0.1, 0.15) is 28.1 Å². The maximum atomic E-state index is 12.3. The highest BCUT2D eigenvalue weighted by atomic mass is 35.5. The van der Waals surface area contributed by atoms with Crippen molar-refractivity contribution in [2.45, 2.75) is 12.0 Å². The largest absolute Gasteiger partial charge is 0.479 e. The molecule has 1 amide bonds. The molecule has 0 aliphatic heterocycles. The summed E-state index contributed by atoms with van der Waals surface area (Å²) in [6.07, 6.45) is 0.525. The molecular weight excluding hydrogens is 400 g/mol. The molecule has 2 N–H and O–H groups in total. The van der Waals surface area contributed by atoms with Gasteiger partial charge in [-0.05, 0) is 22.3 Å². The van der Waals surface area contributed by atoms with E-state index in [9.17, 15) is 14.7 Å². The van der Waals surface area contributed by atoms with E-state index in [2.05, 4.69) is 10.3 Å². The molecule has 0 radical (unpaired) electrons. The van der Waals surface area contributed by atoms with Crippen LogP contribution in [0.25, 0.3) is 11.1 Å². The first-order valence-electron chi connectivity index (χ1n) is 8.50. The van der Waals surface area contributed by atoms with Crippen LogP contribution in [0.5, 0.6) is 0 Å². The Morgan fingerprint density at radius 3 is 2.29 bits per heavy atom. The number of carboxylic acid groups (broad SMARTS) is 1. The van der Waals surface area contributed by atoms with Crippen LogP contribution in [0.2, 0.25) is 4.34 Å². The molecule has 0 fully saturated rings. The monoisotopic (exact) mass is 414 g/mol. The summed E-state index contributed by atoms with van der Waals surface area (Å²) in [6.45, 7) is 0.102. The number of thiazole rings is 1. The van der Waals surface area contributed by atoms with Crippen molar-refractivity contribution in [3.05, 3.63) is 75.2 Å². The van der Waals surface area contributed by atoms with Crippen LogP contribution >= 0.6 is 22.9 Å². The van der Waals surface area contributed by atoms with Gasteiger partial charge in [0.25, 0.3) is 0 Å². The van der Waals surface area contributed by atoms with Gasteiger partial charge in [0, 0.05) is 5.92 Å². The SMILES string of the molecule is O=C(NC(C(=O)O)c1ncc(Cl)s1)OCC1c2ccccc2-c2ccccc21. The Morgan fingerprint density at radius 1 is 1.14 bits per heavy atom. The molecule has 28 heavy (non-hydrogen) atoms. The van der Waals surface area contributed by atoms with E-state index in [1.807, 2.05) is 48.5 Å². The standard InChI is InChI=1S/C20H15ClN2O4S/c21-16-9-22-18(28-16)17(19(24)25)23-20(26)27-10-15-13-7-3-1-5-11(13)12-6-2-4-8-14(12)15/h1-9,15,17H,10H2,(H,23,26)(H,24,25). The molecule has 0 saturated heterocycles. The Morgan fingerprint density at radius 2 is 1.75 bits per heavy atom. The Kier molecular flexibility index (Phi) is 5.02. The lowest BCUT2D eigenvalue weighted by molar-refractivity contribution is -0.139. The highest BCUT2D eigenvalue weighted by molar-refractivity contribution is 7.16. The van der Waals surface area contributed by atoms with Gasteiger partial charge in [-0.15, -0.1) is 11.3 Å². The van der Waals surface area contributed by atoms with Gasteiger partial charge >= 0.3 is 12.1 Å². The number of rotatable bonds is 5. The first-order valence-corrected chi connectivity index (χ1v) is 9.69. The second-order valence-corrected chi connectivity index (χ2v) is 7.94. The van der Waals surface area contributed by atoms with Crippen molar-refractivity contribution >= 4 is 35.0 Å². The molecule has 1 atom stereocenters. The number of aliphatic carboxylic acids is 1. The van der Waals surface area contributed by atoms with E-state index >= 15 is 0 Å². The fourth-order valence-corrected chi connectivity index (χ4v) is 4.36. The van der Waals surface area contributed by atoms with Crippen LogP contribution in [0.3, 0.4) is 0 Å². The Hall–Kier alpha value is -2.90. The number of halogens is 1. The topological polar surface area (TPSA) is 88.5 Å². The third-order valence-corrected chi connectivity index (χ3v) is 5.77. The van der Waals surface area contributed by atoms with Crippen LogP contribution in [-0.2, 0) is 9.53 Å². The second kappa shape index (κ2) is 7.61. The molecule has 8 heteroatoms. The number of carbonyl (C=O) groups excluding carboxylic acids is 1. The summed E-state index contributed by atoms with van der Waals surface area (Å²) < 4.78 is 5.72. The molecule has 0 bridgehead atoms. The number of carbonyl (C=O) groups is 2. The number of fused-ring (bicyclic) bond motifs is 3. The zero-order valence-electron chi connectivity index (χ0n) is 14.5. The number of nitrogens with zero attached hydrogens (tertiary/aromatic N) is 1. The fraction of sp³-hybridized carbons (Fsp3) is 0.150. The molecular formula is C20H15ClN2O4S. The molecule has 3 aromatic rings. The molecule has 1 unspecified atom stereocenters. The highest BCUT2D eigenvalue weighted by Gasteiger charge is 2.30. The van der Waals surface area contributed by atoms with Crippen molar-refractivity contribution in [2.24, 2.45) is 0 Å². The summed E-state index contributed by atoms with van der Waals surface area (Å²) in [6, 6.07) is 14.6. The molecule has 0 spiro atoms. The molecule has 1 aromatic heterocycles. The predicted molar refractivity (Wildman–Crippen MR) is 106 cm³/mol. The number of hydrogen-bond acceptors (Lipinski definition) is 5. The maximum absolute atomic E-state index is 12.3. The number of benzene rings is 2. The molecule has 142 valence electrons. The zero-order chi connectivity index (χ0) is 19.7. The minimum atomic E-state index is -1.31. The van der Waals surface area contributed by atoms with E-state index in [1.54, 1.807) is 0 Å². The van der Waals surface area contributed by atoms with Crippen molar-refractivity contribution < 1.29 is 19.4 Å². The number of aromatic nitrogens is 1. The lowest BCUT2D eigenvalue weighted by atomic mass is 9.98. The van der Waals surface area contributed by atoms with Gasteiger partial charge in [0.2, 0.25) is 0 Å². The summed E-state index contributed by atoms with van der Waals surface area (Å²) >= 11 is 6.80. The molecule has 2 aromatic carbocycles.